The second-order valence-electron chi connectivity index (χ2n) is 6.50. The van der Waals surface area contributed by atoms with Crippen molar-refractivity contribution in [2.75, 3.05) is 13.1 Å². The van der Waals surface area contributed by atoms with E-state index in [1.54, 1.807) is 0 Å². The molecule has 0 radical (unpaired) electrons. The maximum atomic E-state index is 13.8. The van der Waals surface area contributed by atoms with Crippen molar-refractivity contribution in [3.8, 4) is 11.5 Å². The molecule has 1 heterocycles. The van der Waals surface area contributed by atoms with Crippen molar-refractivity contribution in [1.82, 2.24) is 10.2 Å². The predicted molar refractivity (Wildman–Crippen MR) is 92.5 cm³/mol. The first-order valence-electron chi connectivity index (χ1n) is 8.53. The number of piperidine rings is 1. The third-order valence-corrected chi connectivity index (χ3v) is 4.55. The van der Waals surface area contributed by atoms with Crippen LogP contribution in [0.2, 0.25) is 0 Å². The number of nitrogens with one attached hydrogen (secondary N) is 1. The molecule has 3 rings (SSSR count). The first-order valence-corrected chi connectivity index (χ1v) is 8.53. The number of amides is 2. The van der Waals surface area contributed by atoms with Crippen LogP contribution in [-0.4, -0.2) is 46.1 Å². The van der Waals surface area contributed by atoms with E-state index in [4.69, 9.17) is 0 Å². The number of likely N-dealkylation sites (tertiary alicyclic amines) is 1. The largest absolute Gasteiger partial charge is 0.508 e. The number of phenols is 2. The molecule has 6 nitrogen and oxygen atoms in total. The van der Waals surface area contributed by atoms with Crippen LogP contribution in [0.5, 0.6) is 11.5 Å². The average molecular weight is 394 g/mol. The molecule has 0 aliphatic carbocycles. The van der Waals surface area contributed by atoms with Crippen molar-refractivity contribution in [3.63, 3.8) is 0 Å². The molecule has 2 amide bonds. The molecular weight excluding hydrogens is 377 g/mol. The number of hydrogen-bond donors (Lipinski definition) is 3. The van der Waals surface area contributed by atoms with Gasteiger partial charge in [-0.05, 0) is 37.1 Å². The zero-order valence-corrected chi connectivity index (χ0v) is 14.6. The van der Waals surface area contributed by atoms with Crippen molar-refractivity contribution < 1.29 is 33.0 Å². The van der Waals surface area contributed by atoms with E-state index >= 15 is 0 Å². The molecule has 28 heavy (non-hydrogen) atoms. The summed E-state index contributed by atoms with van der Waals surface area (Å²) in [5, 5.41) is 21.6. The minimum absolute atomic E-state index is 0.0832. The number of halogens is 3. The molecule has 1 aliphatic rings. The van der Waals surface area contributed by atoms with E-state index in [1.165, 1.54) is 17.0 Å². The van der Waals surface area contributed by atoms with Crippen molar-refractivity contribution in [3.05, 3.63) is 58.9 Å². The summed E-state index contributed by atoms with van der Waals surface area (Å²) in [6, 6.07) is 4.83. The lowest BCUT2D eigenvalue weighted by Crippen LogP contribution is -2.46. The van der Waals surface area contributed by atoms with Crippen LogP contribution < -0.4 is 5.32 Å². The van der Waals surface area contributed by atoms with Gasteiger partial charge in [0.05, 0.1) is 5.56 Å². The number of aromatic hydroxyl groups is 2. The SMILES string of the molecule is O=C(NC1CCN(C(=O)c2ccc(F)c(F)c2F)CC1)c1cc(O)cc(O)c1. The Morgan fingerprint density at radius 2 is 1.57 bits per heavy atom. The fraction of sp³-hybridized carbons (Fsp3) is 0.263. The molecule has 3 N–H and O–H groups in total. The predicted octanol–water partition coefficient (Wildman–Crippen LogP) is 2.55. The third kappa shape index (κ3) is 4.03. The molecule has 2 aromatic carbocycles. The maximum Gasteiger partial charge on any atom is 0.256 e. The highest BCUT2D eigenvalue weighted by atomic mass is 19.2. The minimum Gasteiger partial charge on any atom is -0.508 e. The van der Waals surface area contributed by atoms with E-state index in [1.807, 2.05) is 0 Å². The molecule has 2 aromatic rings. The molecular formula is C19H17F3N2O4. The van der Waals surface area contributed by atoms with Crippen molar-refractivity contribution in [2.45, 2.75) is 18.9 Å². The quantitative estimate of drug-likeness (QED) is 0.698. The molecule has 0 bridgehead atoms. The van der Waals surface area contributed by atoms with Gasteiger partial charge < -0.3 is 20.4 Å². The van der Waals surface area contributed by atoms with Gasteiger partial charge in [-0.25, -0.2) is 13.2 Å². The molecule has 1 aliphatic heterocycles. The normalized spacial score (nSPS) is 14.8. The van der Waals surface area contributed by atoms with E-state index in [0.717, 1.165) is 12.1 Å². The van der Waals surface area contributed by atoms with Gasteiger partial charge in [0.1, 0.15) is 11.5 Å². The van der Waals surface area contributed by atoms with E-state index in [-0.39, 0.29) is 36.2 Å². The van der Waals surface area contributed by atoms with E-state index in [2.05, 4.69) is 5.32 Å². The van der Waals surface area contributed by atoms with E-state index < -0.39 is 34.8 Å². The Balaban J connectivity index is 1.61. The summed E-state index contributed by atoms with van der Waals surface area (Å²) in [7, 11) is 0. The van der Waals surface area contributed by atoms with Gasteiger partial charge in [0.25, 0.3) is 11.8 Å². The molecule has 0 saturated carbocycles. The van der Waals surface area contributed by atoms with Crippen LogP contribution in [0.25, 0.3) is 0 Å². The van der Waals surface area contributed by atoms with Gasteiger partial charge >= 0.3 is 0 Å². The Morgan fingerprint density at radius 1 is 0.964 bits per heavy atom. The molecule has 0 atom stereocenters. The van der Waals surface area contributed by atoms with Crippen molar-refractivity contribution >= 4 is 11.8 Å². The van der Waals surface area contributed by atoms with Crippen LogP contribution in [-0.2, 0) is 0 Å². The molecule has 1 saturated heterocycles. The fourth-order valence-corrected chi connectivity index (χ4v) is 3.08. The summed E-state index contributed by atoms with van der Waals surface area (Å²) in [5.41, 5.74) is -0.462. The van der Waals surface area contributed by atoms with E-state index in [0.29, 0.717) is 18.9 Å². The molecule has 0 spiro atoms. The highest BCUT2D eigenvalue weighted by Gasteiger charge is 2.28. The maximum absolute atomic E-state index is 13.8. The second kappa shape index (κ2) is 7.79. The number of nitrogens with zero attached hydrogens (tertiary/aromatic N) is 1. The zero-order chi connectivity index (χ0) is 20.4. The number of hydrogen-bond acceptors (Lipinski definition) is 4. The van der Waals surface area contributed by atoms with Gasteiger partial charge in [0, 0.05) is 30.8 Å². The Morgan fingerprint density at radius 3 is 2.18 bits per heavy atom. The number of benzene rings is 2. The summed E-state index contributed by atoms with van der Waals surface area (Å²) in [5.74, 6) is -6.33. The Labute approximate surface area is 158 Å². The van der Waals surface area contributed by atoms with Crippen LogP contribution in [0.1, 0.15) is 33.6 Å². The number of phenolic OH excluding ortho intramolecular Hbond substituents is 2. The smallest absolute Gasteiger partial charge is 0.256 e. The van der Waals surface area contributed by atoms with E-state index in [9.17, 15) is 33.0 Å². The average Bonchev–Trinajstić information content (AvgIpc) is 2.65. The first-order chi connectivity index (χ1) is 13.3. The van der Waals surface area contributed by atoms with Crippen molar-refractivity contribution in [1.29, 1.82) is 0 Å². The summed E-state index contributed by atoms with van der Waals surface area (Å²) < 4.78 is 40.2. The van der Waals surface area contributed by atoms with Gasteiger partial charge in [0.15, 0.2) is 17.5 Å². The topological polar surface area (TPSA) is 89.9 Å². The summed E-state index contributed by atoms with van der Waals surface area (Å²) in [6.45, 7) is 0.376. The molecule has 9 heteroatoms. The second-order valence-corrected chi connectivity index (χ2v) is 6.50. The molecule has 0 unspecified atom stereocenters. The molecule has 148 valence electrons. The lowest BCUT2D eigenvalue weighted by molar-refractivity contribution is 0.0692. The summed E-state index contributed by atoms with van der Waals surface area (Å²) in [6.07, 6.45) is 0.737. The fourth-order valence-electron chi connectivity index (χ4n) is 3.08. The Hall–Kier alpha value is -3.23. The number of rotatable bonds is 3. The summed E-state index contributed by atoms with van der Waals surface area (Å²) >= 11 is 0. The minimum atomic E-state index is -1.69. The van der Waals surface area contributed by atoms with Crippen LogP contribution in [0.3, 0.4) is 0 Å². The standard InChI is InChI=1S/C19H17F3N2O4/c20-15-2-1-14(16(21)17(15)22)19(28)24-5-3-11(4-6-24)23-18(27)10-7-12(25)9-13(26)8-10/h1-2,7-9,11,25-26H,3-6H2,(H,23,27). The van der Waals surface area contributed by atoms with Crippen LogP contribution >= 0.6 is 0 Å². The third-order valence-electron chi connectivity index (χ3n) is 4.55. The highest BCUT2D eigenvalue weighted by Crippen LogP contribution is 2.22. The lowest BCUT2D eigenvalue weighted by Gasteiger charge is -2.32. The lowest BCUT2D eigenvalue weighted by atomic mass is 10.0. The highest BCUT2D eigenvalue weighted by molar-refractivity contribution is 5.96. The first kappa shape index (κ1) is 19.5. The molecule has 1 fully saturated rings. The Kier molecular flexibility index (Phi) is 5.43. The van der Waals surface area contributed by atoms with Gasteiger partial charge in [-0.2, -0.15) is 0 Å². The summed E-state index contributed by atoms with van der Waals surface area (Å²) in [4.78, 5) is 25.9. The van der Waals surface area contributed by atoms with Crippen LogP contribution in [0.15, 0.2) is 30.3 Å². The van der Waals surface area contributed by atoms with Crippen LogP contribution in [0.4, 0.5) is 13.2 Å². The van der Waals surface area contributed by atoms with Gasteiger partial charge in [-0.15, -0.1) is 0 Å². The van der Waals surface area contributed by atoms with Gasteiger partial charge in [0.2, 0.25) is 0 Å². The van der Waals surface area contributed by atoms with Gasteiger partial charge in [-0.3, -0.25) is 9.59 Å². The molecule has 0 aromatic heterocycles. The van der Waals surface area contributed by atoms with Crippen molar-refractivity contribution in [2.24, 2.45) is 0 Å². The number of carbonyl (C=O) groups is 2. The zero-order valence-electron chi connectivity index (χ0n) is 14.6. The monoisotopic (exact) mass is 394 g/mol. The van der Waals surface area contributed by atoms with Gasteiger partial charge in [-0.1, -0.05) is 0 Å². The van der Waals surface area contributed by atoms with Crippen LogP contribution in [0, 0.1) is 17.5 Å². The Bertz CT molecular complexity index is 907. The number of carbonyl (C=O) groups excluding carboxylic acids is 2.